The highest BCUT2D eigenvalue weighted by Crippen LogP contribution is 2.25. The first-order valence-corrected chi connectivity index (χ1v) is 13.3. The van der Waals surface area contributed by atoms with Crippen molar-refractivity contribution in [2.45, 2.75) is 26.4 Å². The number of amides is 2. The van der Waals surface area contributed by atoms with Gasteiger partial charge < -0.3 is 20.3 Å². The van der Waals surface area contributed by atoms with E-state index in [2.05, 4.69) is 15.5 Å². The fourth-order valence-electron chi connectivity index (χ4n) is 4.92. The Balaban J connectivity index is 1.26. The van der Waals surface area contributed by atoms with Crippen molar-refractivity contribution in [3.63, 3.8) is 0 Å². The molecule has 0 spiro atoms. The second-order valence-electron chi connectivity index (χ2n) is 10.1. The third kappa shape index (κ3) is 5.93. The quantitative estimate of drug-likeness (QED) is 0.336. The first-order chi connectivity index (χ1) is 18.9. The zero-order chi connectivity index (χ0) is 27.4. The number of aromatic nitrogens is 2. The second-order valence-corrected chi connectivity index (χ2v) is 10.1. The van der Waals surface area contributed by atoms with Gasteiger partial charge in [0, 0.05) is 37.0 Å². The number of nitrogens with zero attached hydrogens (tertiary/aromatic N) is 4. The number of carbonyl (C=O) groups excluding carboxylic acids is 2. The Morgan fingerprint density at radius 3 is 2.33 bits per heavy atom. The van der Waals surface area contributed by atoms with E-state index in [0.29, 0.717) is 44.4 Å². The molecule has 1 saturated heterocycles. The average Bonchev–Trinajstić information content (AvgIpc) is 2.95. The number of carbonyl (C=O) groups is 2. The molecular weight excluding hydrogens is 492 g/mol. The predicted octanol–water partition coefficient (Wildman–Crippen LogP) is 4.74. The van der Waals surface area contributed by atoms with Gasteiger partial charge in [-0.1, -0.05) is 62.4 Å². The SMILES string of the molecule is COC(=O)[C@@H](Nc1nc(CN2CCN(C(=O)Nc3cccc4ccccc34)CC2)nc2ccccc12)C(C)C. The molecule has 1 aliphatic heterocycles. The summed E-state index contributed by atoms with van der Waals surface area (Å²) in [6.07, 6.45) is 0. The second kappa shape index (κ2) is 11.7. The Labute approximate surface area is 228 Å². The molecule has 1 atom stereocenters. The van der Waals surface area contributed by atoms with Crippen LogP contribution in [0.2, 0.25) is 0 Å². The van der Waals surface area contributed by atoms with Crippen LogP contribution in [0.15, 0.2) is 66.7 Å². The molecule has 9 heteroatoms. The molecule has 1 fully saturated rings. The predicted molar refractivity (Wildman–Crippen MR) is 154 cm³/mol. The van der Waals surface area contributed by atoms with Crippen LogP contribution in [0.25, 0.3) is 21.7 Å². The number of esters is 1. The Bertz CT molecular complexity index is 1480. The van der Waals surface area contributed by atoms with Crippen LogP contribution in [-0.4, -0.2) is 71.1 Å². The highest BCUT2D eigenvalue weighted by Gasteiger charge is 2.26. The van der Waals surface area contributed by atoms with Gasteiger partial charge >= 0.3 is 12.0 Å². The van der Waals surface area contributed by atoms with Crippen molar-refractivity contribution in [3.8, 4) is 0 Å². The molecule has 9 nitrogen and oxygen atoms in total. The Morgan fingerprint density at radius 2 is 1.59 bits per heavy atom. The van der Waals surface area contributed by atoms with Crippen molar-refractivity contribution in [3.05, 3.63) is 72.6 Å². The smallest absolute Gasteiger partial charge is 0.328 e. The summed E-state index contributed by atoms with van der Waals surface area (Å²) < 4.78 is 5.01. The lowest BCUT2D eigenvalue weighted by molar-refractivity contribution is -0.142. The minimum Gasteiger partial charge on any atom is -0.467 e. The van der Waals surface area contributed by atoms with Crippen LogP contribution in [0.3, 0.4) is 0 Å². The molecule has 0 aliphatic carbocycles. The van der Waals surface area contributed by atoms with E-state index in [0.717, 1.165) is 27.4 Å². The summed E-state index contributed by atoms with van der Waals surface area (Å²) in [6, 6.07) is 21.1. The van der Waals surface area contributed by atoms with E-state index in [1.807, 2.05) is 85.5 Å². The molecule has 2 amide bonds. The lowest BCUT2D eigenvalue weighted by Gasteiger charge is -2.34. The van der Waals surface area contributed by atoms with Crippen LogP contribution in [-0.2, 0) is 16.1 Å². The molecule has 0 saturated carbocycles. The molecule has 39 heavy (non-hydrogen) atoms. The van der Waals surface area contributed by atoms with E-state index in [4.69, 9.17) is 14.7 Å². The van der Waals surface area contributed by atoms with Crippen molar-refractivity contribution >= 4 is 45.2 Å². The maximum Gasteiger partial charge on any atom is 0.328 e. The fraction of sp³-hybridized carbons (Fsp3) is 0.333. The standard InChI is InChI=1S/C30H34N6O3/c1-20(2)27(29(37)39-3)34-28-23-12-6-7-13-25(23)31-26(33-28)19-35-15-17-36(18-16-35)30(38)32-24-14-8-10-21-9-4-5-11-22(21)24/h4-14,20,27H,15-19H2,1-3H3,(H,32,38)(H,31,33,34)/t27-/m0/s1. The third-order valence-corrected chi connectivity index (χ3v) is 7.12. The van der Waals surface area contributed by atoms with Crippen molar-refractivity contribution in [2.24, 2.45) is 5.92 Å². The summed E-state index contributed by atoms with van der Waals surface area (Å²) in [5.74, 6) is 0.972. The number of ether oxygens (including phenoxy) is 1. The molecule has 0 radical (unpaired) electrons. The molecule has 5 rings (SSSR count). The van der Waals surface area contributed by atoms with Crippen molar-refractivity contribution in [2.75, 3.05) is 43.9 Å². The number of fused-ring (bicyclic) bond motifs is 2. The number of hydrogen-bond acceptors (Lipinski definition) is 7. The lowest BCUT2D eigenvalue weighted by Crippen LogP contribution is -2.49. The number of para-hydroxylation sites is 1. The van der Waals surface area contributed by atoms with E-state index in [1.54, 1.807) is 0 Å². The number of piperazine rings is 1. The van der Waals surface area contributed by atoms with E-state index in [9.17, 15) is 9.59 Å². The van der Waals surface area contributed by atoms with Gasteiger partial charge in [0.25, 0.3) is 0 Å². The average molecular weight is 527 g/mol. The highest BCUT2D eigenvalue weighted by atomic mass is 16.5. The highest BCUT2D eigenvalue weighted by molar-refractivity contribution is 6.01. The minimum atomic E-state index is -0.523. The van der Waals surface area contributed by atoms with Crippen LogP contribution < -0.4 is 10.6 Å². The number of rotatable bonds is 7. The maximum absolute atomic E-state index is 13.0. The molecule has 2 heterocycles. The first-order valence-electron chi connectivity index (χ1n) is 13.3. The minimum absolute atomic E-state index is 0.0164. The number of methoxy groups -OCH3 is 1. The topological polar surface area (TPSA) is 99.7 Å². The Hall–Kier alpha value is -4.24. The van der Waals surface area contributed by atoms with Gasteiger partial charge in [-0.25, -0.2) is 19.6 Å². The van der Waals surface area contributed by atoms with Crippen molar-refractivity contribution in [1.29, 1.82) is 0 Å². The van der Waals surface area contributed by atoms with E-state index >= 15 is 0 Å². The summed E-state index contributed by atoms with van der Waals surface area (Å²) in [5, 5.41) is 9.36. The zero-order valence-electron chi connectivity index (χ0n) is 22.6. The van der Waals surface area contributed by atoms with Crippen LogP contribution in [0.4, 0.5) is 16.3 Å². The molecule has 202 valence electrons. The normalized spacial score (nSPS) is 14.9. The largest absolute Gasteiger partial charge is 0.467 e. The van der Waals surface area contributed by atoms with Gasteiger partial charge in [-0.2, -0.15) is 0 Å². The van der Waals surface area contributed by atoms with Crippen LogP contribution in [0.5, 0.6) is 0 Å². The lowest BCUT2D eigenvalue weighted by atomic mass is 10.0. The van der Waals surface area contributed by atoms with Crippen LogP contribution >= 0.6 is 0 Å². The Kier molecular flexibility index (Phi) is 7.88. The first kappa shape index (κ1) is 26.4. The van der Waals surface area contributed by atoms with Gasteiger partial charge in [0.1, 0.15) is 17.7 Å². The maximum atomic E-state index is 13.0. The van der Waals surface area contributed by atoms with Crippen molar-refractivity contribution in [1.82, 2.24) is 19.8 Å². The van der Waals surface area contributed by atoms with E-state index < -0.39 is 6.04 Å². The van der Waals surface area contributed by atoms with Gasteiger partial charge in [-0.05, 0) is 29.5 Å². The number of hydrogen-bond donors (Lipinski definition) is 2. The molecule has 4 aromatic rings. The van der Waals surface area contributed by atoms with Gasteiger partial charge in [0.15, 0.2) is 0 Å². The van der Waals surface area contributed by atoms with Gasteiger partial charge in [-0.3, -0.25) is 4.90 Å². The third-order valence-electron chi connectivity index (χ3n) is 7.12. The molecule has 1 aliphatic rings. The summed E-state index contributed by atoms with van der Waals surface area (Å²) in [6.45, 7) is 7.10. The number of anilines is 2. The van der Waals surface area contributed by atoms with Gasteiger partial charge in [-0.15, -0.1) is 0 Å². The van der Waals surface area contributed by atoms with E-state index in [-0.39, 0.29) is 17.9 Å². The molecule has 0 bridgehead atoms. The molecule has 0 unspecified atom stereocenters. The van der Waals surface area contributed by atoms with Crippen LogP contribution in [0.1, 0.15) is 19.7 Å². The van der Waals surface area contributed by atoms with E-state index in [1.165, 1.54) is 7.11 Å². The summed E-state index contributed by atoms with van der Waals surface area (Å²) in [7, 11) is 1.39. The number of nitrogens with one attached hydrogen (secondary N) is 2. The zero-order valence-corrected chi connectivity index (χ0v) is 22.6. The molecule has 2 N–H and O–H groups in total. The van der Waals surface area contributed by atoms with Gasteiger partial charge in [0.05, 0.1) is 24.9 Å². The summed E-state index contributed by atoms with van der Waals surface area (Å²) in [4.78, 5) is 39.1. The molecule has 3 aromatic carbocycles. The van der Waals surface area contributed by atoms with Gasteiger partial charge in [0.2, 0.25) is 0 Å². The molecule has 1 aromatic heterocycles. The summed E-state index contributed by atoms with van der Waals surface area (Å²) >= 11 is 0. The van der Waals surface area contributed by atoms with Crippen LogP contribution in [0, 0.1) is 5.92 Å². The number of benzene rings is 3. The summed E-state index contributed by atoms with van der Waals surface area (Å²) in [5.41, 5.74) is 1.63. The number of urea groups is 1. The molecular formula is C30H34N6O3. The monoisotopic (exact) mass is 526 g/mol. The Morgan fingerprint density at radius 1 is 0.897 bits per heavy atom. The van der Waals surface area contributed by atoms with Crippen molar-refractivity contribution < 1.29 is 14.3 Å². The fourth-order valence-corrected chi connectivity index (χ4v) is 4.92.